The number of hydrogen-bond acceptors (Lipinski definition) is 9. The second-order valence-corrected chi connectivity index (χ2v) is 9.51. The SMILES string of the molecule is C[C@H]1CN2c3c(cc4c(N5C(=O)OC[C@@H]5C)noc4c3F)CC3(C(=O)NC(=O)NC3=O)[C@@H]2[C@@H](C)O1. The third-order valence-corrected chi connectivity index (χ3v) is 7.26. The molecule has 1 aromatic heterocycles. The van der Waals surface area contributed by atoms with Crippen molar-refractivity contribution < 1.29 is 37.6 Å². The second-order valence-electron chi connectivity index (χ2n) is 9.51. The number of hydrogen-bond donors (Lipinski definition) is 2. The first-order valence-corrected chi connectivity index (χ1v) is 11.3. The average Bonchev–Trinajstić information content (AvgIpc) is 3.33. The highest BCUT2D eigenvalue weighted by atomic mass is 19.1. The molecule has 1 spiro atoms. The molecule has 12 nitrogen and oxygen atoms in total. The van der Waals surface area contributed by atoms with Gasteiger partial charge in [-0.1, -0.05) is 5.16 Å². The van der Waals surface area contributed by atoms with Gasteiger partial charge in [0.05, 0.1) is 35.4 Å². The third-order valence-electron chi connectivity index (χ3n) is 7.26. The zero-order valence-electron chi connectivity index (χ0n) is 19.1. The number of aromatic nitrogens is 1. The Hall–Kier alpha value is -3.74. The van der Waals surface area contributed by atoms with Crippen LogP contribution in [0.25, 0.3) is 11.0 Å². The molecule has 2 aromatic rings. The normalized spacial score (nSPS) is 29.7. The number of fused-ring (bicyclic) bond motifs is 5. The number of nitrogens with one attached hydrogen (secondary N) is 2. The van der Waals surface area contributed by atoms with Crippen LogP contribution in [0.3, 0.4) is 0 Å². The molecule has 3 fully saturated rings. The molecule has 4 aliphatic heterocycles. The molecule has 5 heterocycles. The summed E-state index contributed by atoms with van der Waals surface area (Å²) in [4.78, 5) is 53.6. The number of halogens is 1. The number of benzene rings is 1. The number of ether oxygens (including phenoxy) is 2. The standard InChI is InChI=1S/C22H22FN5O7/c1-8-7-33-21(32)28(8)17-12-4-11-5-22(18(29)24-20(31)25-19(22)30)16-10(3)34-9(2)6-27(16)14(11)13(23)15(12)35-26-17/h4,8-10,16H,5-7H2,1-3H3,(H2,24,25,29,30,31)/t8-,9-,10+,16-/m0/s1. The molecule has 0 unspecified atom stereocenters. The summed E-state index contributed by atoms with van der Waals surface area (Å²) < 4.78 is 32.4. The summed E-state index contributed by atoms with van der Waals surface area (Å²) in [6.07, 6.45) is -1.81. The van der Waals surface area contributed by atoms with E-state index in [1.807, 2.05) is 6.92 Å². The first-order chi connectivity index (χ1) is 16.6. The number of cyclic esters (lactones) is 1. The Bertz CT molecular complexity index is 1300. The first kappa shape index (κ1) is 21.8. The van der Waals surface area contributed by atoms with Crippen molar-refractivity contribution in [3.63, 3.8) is 0 Å². The quantitative estimate of drug-likeness (QED) is 0.567. The van der Waals surface area contributed by atoms with Crippen LogP contribution in [0.5, 0.6) is 0 Å². The minimum absolute atomic E-state index is 0.0873. The van der Waals surface area contributed by atoms with Crippen LogP contribution in [-0.4, -0.2) is 66.5 Å². The lowest BCUT2D eigenvalue weighted by Gasteiger charge is -2.55. The Balaban J connectivity index is 1.58. The summed E-state index contributed by atoms with van der Waals surface area (Å²) in [6, 6.07) is -0.572. The van der Waals surface area contributed by atoms with Crippen molar-refractivity contribution in [2.24, 2.45) is 5.41 Å². The summed E-state index contributed by atoms with van der Waals surface area (Å²) in [7, 11) is 0. The fourth-order valence-corrected chi connectivity index (χ4v) is 5.92. The van der Waals surface area contributed by atoms with E-state index in [1.165, 1.54) is 4.90 Å². The molecule has 13 heteroatoms. The fourth-order valence-electron chi connectivity index (χ4n) is 5.92. The van der Waals surface area contributed by atoms with Crippen molar-refractivity contribution in [2.45, 2.75) is 51.5 Å². The highest BCUT2D eigenvalue weighted by Gasteiger charge is 2.63. The molecule has 3 saturated heterocycles. The van der Waals surface area contributed by atoms with Gasteiger partial charge in [-0.05, 0) is 32.4 Å². The minimum atomic E-state index is -1.75. The number of anilines is 2. The number of nitrogens with zero attached hydrogens (tertiary/aromatic N) is 3. The number of urea groups is 1. The second kappa shape index (κ2) is 7.13. The molecular formula is C22H22FN5O7. The highest BCUT2D eigenvalue weighted by molar-refractivity contribution is 6.20. The number of barbiturate groups is 1. The molecular weight excluding hydrogens is 465 g/mol. The van der Waals surface area contributed by atoms with E-state index in [0.717, 1.165) is 0 Å². The van der Waals surface area contributed by atoms with Crippen molar-refractivity contribution >= 4 is 46.4 Å². The predicted molar refractivity (Wildman–Crippen MR) is 116 cm³/mol. The predicted octanol–water partition coefficient (Wildman–Crippen LogP) is 1.20. The molecule has 184 valence electrons. The van der Waals surface area contributed by atoms with Crippen molar-refractivity contribution in [1.82, 2.24) is 15.8 Å². The Morgan fingerprint density at radius 2 is 1.86 bits per heavy atom. The van der Waals surface area contributed by atoms with Crippen LogP contribution >= 0.6 is 0 Å². The van der Waals surface area contributed by atoms with E-state index in [9.17, 15) is 19.2 Å². The maximum absolute atomic E-state index is 16.1. The highest BCUT2D eigenvalue weighted by Crippen LogP contribution is 2.49. The van der Waals surface area contributed by atoms with Crippen LogP contribution < -0.4 is 20.4 Å². The summed E-state index contributed by atoms with van der Waals surface area (Å²) >= 11 is 0. The molecule has 4 atom stereocenters. The van der Waals surface area contributed by atoms with Crippen molar-refractivity contribution in [1.29, 1.82) is 0 Å². The lowest BCUT2D eigenvalue weighted by atomic mass is 9.66. The molecule has 35 heavy (non-hydrogen) atoms. The molecule has 6 rings (SSSR count). The maximum Gasteiger partial charge on any atom is 0.416 e. The fraction of sp³-hybridized carbons (Fsp3) is 0.500. The van der Waals surface area contributed by atoms with E-state index in [0.29, 0.717) is 5.56 Å². The summed E-state index contributed by atoms with van der Waals surface area (Å²) in [5.74, 6) is -2.19. The summed E-state index contributed by atoms with van der Waals surface area (Å²) in [6.45, 7) is 5.60. The lowest BCUT2D eigenvalue weighted by molar-refractivity contribution is -0.153. The van der Waals surface area contributed by atoms with Crippen LogP contribution in [-0.2, 0) is 25.5 Å². The minimum Gasteiger partial charge on any atom is -0.447 e. The van der Waals surface area contributed by atoms with E-state index in [2.05, 4.69) is 15.8 Å². The number of rotatable bonds is 1. The Kier molecular flexibility index (Phi) is 4.44. The molecule has 0 radical (unpaired) electrons. The number of morpholine rings is 1. The van der Waals surface area contributed by atoms with Gasteiger partial charge in [0.2, 0.25) is 17.4 Å². The van der Waals surface area contributed by atoms with Gasteiger partial charge < -0.3 is 18.9 Å². The zero-order chi connectivity index (χ0) is 24.8. The van der Waals surface area contributed by atoms with Crippen molar-refractivity contribution in [3.05, 3.63) is 17.4 Å². The van der Waals surface area contributed by atoms with E-state index in [4.69, 9.17) is 14.0 Å². The largest absolute Gasteiger partial charge is 0.447 e. The van der Waals surface area contributed by atoms with E-state index in [-0.39, 0.29) is 54.2 Å². The summed E-state index contributed by atoms with van der Waals surface area (Å²) in [5, 5.41) is 8.55. The average molecular weight is 487 g/mol. The lowest BCUT2D eigenvalue weighted by Crippen LogP contribution is -2.75. The molecule has 0 aliphatic carbocycles. The van der Waals surface area contributed by atoms with Gasteiger partial charge in [-0.3, -0.25) is 25.1 Å². The van der Waals surface area contributed by atoms with E-state index < -0.39 is 47.3 Å². The van der Waals surface area contributed by atoms with Crippen LogP contribution in [0.1, 0.15) is 26.3 Å². The monoisotopic (exact) mass is 487 g/mol. The van der Waals surface area contributed by atoms with Gasteiger partial charge in [-0.2, -0.15) is 0 Å². The molecule has 1 aromatic carbocycles. The van der Waals surface area contributed by atoms with E-state index in [1.54, 1.807) is 24.8 Å². The van der Waals surface area contributed by atoms with Crippen LogP contribution in [0, 0.1) is 11.2 Å². The van der Waals surface area contributed by atoms with Crippen LogP contribution in [0.15, 0.2) is 10.6 Å². The topological polar surface area (TPSA) is 143 Å². The van der Waals surface area contributed by atoms with Crippen LogP contribution in [0.2, 0.25) is 0 Å². The van der Waals surface area contributed by atoms with Gasteiger partial charge in [0, 0.05) is 13.0 Å². The van der Waals surface area contributed by atoms with Crippen molar-refractivity contribution in [2.75, 3.05) is 23.0 Å². The Morgan fingerprint density at radius 1 is 1.14 bits per heavy atom. The Labute approximate surface area is 197 Å². The summed E-state index contributed by atoms with van der Waals surface area (Å²) in [5.41, 5.74) is -1.39. The third kappa shape index (κ3) is 2.78. The molecule has 0 bridgehead atoms. The molecule has 0 saturated carbocycles. The van der Waals surface area contributed by atoms with Gasteiger partial charge in [-0.25, -0.2) is 14.0 Å². The Morgan fingerprint density at radius 3 is 2.51 bits per heavy atom. The smallest absolute Gasteiger partial charge is 0.416 e. The van der Waals surface area contributed by atoms with E-state index >= 15 is 4.39 Å². The molecule has 5 amide bonds. The van der Waals surface area contributed by atoms with Crippen LogP contribution in [0.4, 0.5) is 25.5 Å². The number of carbonyl (C=O) groups excluding carboxylic acids is 4. The molecule has 4 aliphatic rings. The molecule has 2 N–H and O–H groups in total. The van der Waals surface area contributed by atoms with Crippen molar-refractivity contribution in [3.8, 4) is 0 Å². The van der Waals surface area contributed by atoms with Gasteiger partial charge in [0.1, 0.15) is 6.61 Å². The number of amides is 5. The van der Waals surface area contributed by atoms with Gasteiger partial charge in [-0.15, -0.1) is 0 Å². The number of carbonyl (C=O) groups is 4. The van der Waals surface area contributed by atoms with Gasteiger partial charge >= 0.3 is 12.1 Å². The number of imide groups is 2. The zero-order valence-corrected chi connectivity index (χ0v) is 19.1. The van der Waals surface area contributed by atoms with Gasteiger partial charge in [0.15, 0.2) is 17.1 Å². The van der Waals surface area contributed by atoms with Gasteiger partial charge in [0.25, 0.3) is 0 Å². The maximum atomic E-state index is 16.1. The first-order valence-electron chi connectivity index (χ1n) is 11.3.